The fraction of sp³-hybridized carbons (Fsp3) is 0.185. The molecule has 0 radical (unpaired) electrons. The Morgan fingerprint density at radius 3 is 2.28 bits per heavy atom. The molecule has 0 bridgehead atoms. The maximum absolute atomic E-state index is 6.12. The molecule has 5 heteroatoms. The van der Waals surface area contributed by atoms with E-state index in [1.807, 2.05) is 61.1 Å². The van der Waals surface area contributed by atoms with Crippen LogP contribution in [0.4, 0.5) is 0 Å². The number of benzene rings is 3. The number of ether oxygens (including phenoxy) is 2. The second-order valence-corrected chi connectivity index (χ2v) is 8.13. The molecule has 1 atom stereocenters. The van der Waals surface area contributed by atoms with E-state index in [0.717, 1.165) is 23.3 Å². The summed E-state index contributed by atoms with van der Waals surface area (Å²) < 4.78 is 14.1. The van der Waals surface area contributed by atoms with Crippen LogP contribution in [-0.2, 0) is 24.3 Å². The van der Waals surface area contributed by atoms with E-state index in [0.29, 0.717) is 25.7 Å². The normalized spacial score (nSPS) is 17.6. The van der Waals surface area contributed by atoms with E-state index in [1.54, 1.807) is 6.20 Å². The van der Waals surface area contributed by atoms with E-state index in [2.05, 4.69) is 45.9 Å². The van der Waals surface area contributed by atoms with Crippen molar-refractivity contribution in [3.63, 3.8) is 0 Å². The van der Waals surface area contributed by atoms with Crippen molar-refractivity contribution < 1.29 is 9.47 Å². The van der Waals surface area contributed by atoms with Gasteiger partial charge in [-0.1, -0.05) is 60.7 Å². The third-order valence-corrected chi connectivity index (χ3v) is 5.58. The first kappa shape index (κ1) is 20.1. The third kappa shape index (κ3) is 4.72. The second-order valence-electron chi connectivity index (χ2n) is 8.13. The third-order valence-electron chi connectivity index (χ3n) is 5.58. The number of rotatable bonds is 8. The molecule has 1 aliphatic rings. The Hall–Kier alpha value is -3.86. The Morgan fingerprint density at radius 1 is 0.875 bits per heavy atom. The van der Waals surface area contributed by atoms with Crippen molar-refractivity contribution in [2.45, 2.75) is 25.1 Å². The van der Waals surface area contributed by atoms with Crippen LogP contribution in [0.25, 0.3) is 0 Å². The van der Waals surface area contributed by atoms with Crippen LogP contribution in [-0.4, -0.2) is 27.6 Å². The average molecular weight is 424 g/mol. The fourth-order valence-corrected chi connectivity index (χ4v) is 3.99. The lowest BCUT2D eigenvalue weighted by Gasteiger charge is -2.24. The zero-order valence-electron chi connectivity index (χ0n) is 17.8. The molecule has 0 fully saturated rings. The molecule has 5 nitrogen and oxygen atoms in total. The van der Waals surface area contributed by atoms with Crippen molar-refractivity contribution in [3.8, 4) is 5.75 Å². The number of imidazole rings is 1. The van der Waals surface area contributed by atoms with Crippen molar-refractivity contribution in [2.24, 2.45) is 4.99 Å². The highest BCUT2D eigenvalue weighted by atomic mass is 16.5. The van der Waals surface area contributed by atoms with Crippen LogP contribution >= 0.6 is 0 Å². The van der Waals surface area contributed by atoms with Crippen molar-refractivity contribution in [1.82, 2.24) is 9.55 Å². The number of hydrogen-bond donors (Lipinski definition) is 0. The molecule has 32 heavy (non-hydrogen) atoms. The zero-order chi connectivity index (χ0) is 21.6. The highest BCUT2D eigenvalue weighted by Crippen LogP contribution is 2.29. The molecule has 1 aliphatic heterocycles. The van der Waals surface area contributed by atoms with Gasteiger partial charge >= 0.3 is 0 Å². The quantitative estimate of drug-likeness (QED) is 0.404. The molecule has 0 aliphatic carbocycles. The first-order valence-electron chi connectivity index (χ1n) is 10.8. The van der Waals surface area contributed by atoms with Crippen LogP contribution in [0.2, 0.25) is 0 Å². The van der Waals surface area contributed by atoms with Gasteiger partial charge in [-0.2, -0.15) is 0 Å². The van der Waals surface area contributed by atoms with E-state index in [-0.39, 0.29) is 5.54 Å². The lowest BCUT2D eigenvalue weighted by atomic mass is 9.92. The summed E-state index contributed by atoms with van der Waals surface area (Å²) in [5.41, 5.74) is 2.97. The predicted octanol–water partition coefficient (Wildman–Crippen LogP) is 4.92. The largest absolute Gasteiger partial charge is 0.489 e. The minimum absolute atomic E-state index is 0.375. The molecule has 160 valence electrons. The Kier molecular flexibility index (Phi) is 5.71. The van der Waals surface area contributed by atoms with Crippen LogP contribution in [0.15, 0.2) is 109 Å². The Labute approximate surface area is 188 Å². The summed E-state index contributed by atoms with van der Waals surface area (Å²) in [5, 5.41) is 0. The maximum atomic E-state index is 6.12. The molecule has 0 amide bonds. The smallest absolute Gasteiger partial charge is 0.216 e. The van der Waals surface area contributed by atoms with Gasteiger partial charge in [0.2, 0.25) is 5.90 Å². The molecule has 2 heterocycles. The summed E-state index contributed by atoms with van der Waals surface area (Å²) in [6.07, 6.45) is 6.40. The van der Waals surface area contributed by atoms with Crippen LogP contribution in [0, 0.1) is 0 Å². The van der Waals surface area contributed by atoms with E-state index in [4.69, 9.17) is 14.5 Å². The molecular weight excluding hydrogens is 398 g/mol. The van der Waals surface area contributed by atoms with Crippen LogP contribution < -0.4 is 4.74 Å². The Balaban J connectivity index is 1.34. The molecule has 1 aromatic heterocycles. The molecule has 0 N–H and O–H groups in total. The molecule has 0 saturated heterocycles. The molecule has 5 rings (SSSR count). The minimum atomic E-state index is -0.375. The topological polar surface area (TPSA) is 48.6 Å². The number of aliphatic imine (C=N–C) groups is 1. The summed E-state index contributed by atoms with van der Waals surface area (Å²) in [7, 11) is 0. The highest BCUT2D eigenvalue weighted by molar-refractivity contribution is 5.95. The minimum Gasteiger partial charge on any atom is -0.489 e. The Morgan fingerprint density at radius 2 is 1.59 bits per heavy atom. The summed E-state index contributed by atoms with van der Waals surface area (Å²) in [6, 6.07) is 28.6. The van der Waals surface area contributed by atoms with Gasteiger partial charge in [-0.25, -0.2) is 9.98 Å². The van der Waals surface area contributed by atoms with Crippen molar-refractivity contribution in [1.29, 1.82) is 0 Å². The van der Waals surface area contributed by atoms with Gasteiger partial charge in [0, 0.05) is 24.4 Å². The van der Waals surface area contributed by atoms with Crippen LogP contribution in [0.1, 0.15) is 16.7 Å². The molecule has 3 aromatic carbocycles. The molecule has 1 unspecified atom stereocenters. The summed E-state index contributed by atoms with van der Waals surface area (Å²) in [5.74, 6) is 1.50. The second kappa shape index (κ2) is 9.10. The monoisotopic (exact) mass is 423 g/mol. The summed E-state index contributed by atoms with van der Waals surface area (Å²) in [6.45, 7) is 1.79. The summed E-state index contributed by atoms with van der Waals surface area (Å²) in [4.78, 5) is 9.28. The van der Waals surface area contributed by atoms with Crippen molar-refractivity contribution in [3.05, 3.63) is 120 Å². The lowest BCUT2D eigenvalue weighted by molar-refractivity contribution is 0.233. The fourth-order valence-electron chi connectivity index (χ4n) is 3.99. The first-order chi connectivity index (χ1) is 15.8. The van der Waals surface area contributed by atoms with Gasteiger partial charge in [-0.15, -0.1) is 0 Å². The molecule has 4 aromatic rings. The van der Waals surface area contributed by atoms with Crippen LogP contribution in [0.3, 0.4) is 0 Å². The summed E-state index contributed by atoms with van der Waals surface area (Å²) >= 11 is 0. The molecule has 0 spiro atoms. The van der Waals surface area contributed by atoms with Crippen molar-refractivity contribution in [2.75, 3.05) is 6.61 Å². The van der Waals surface area contributed by atoms with Crippen LogP contribution in [0.5, 0.6) is 5.75 Å². The SMILES string of the molecule is c1ccc(COc2ccc(C3=NC(Cc4ccccc4)(Cn4ccnc4)CO3)cc2)cc1. The van der Waals surface area contributed by atoms with Gasteiger partial charge in [0.1, 0.15) is 24.5 Å². The van der Waals surface area contributed by atoms with Gasteiger partial charge in [0.25, 0.3) is 0 Å². The van der Waals surface area contributed by atoms with Crippen molar-refractivity contribution >= 4 is 5.90 Å². The number of aromatic nitrogens is 2. The van der Waals surface area contributed by atoms with E-state index in [1.165, 1.54) is 5.56 Å². The van der Waals surface area contributed by atoms with Gasteiger partial charge < -0.3 is 14.0 Å². The number of hydrogen-bond acceptors (Lipinski definition) is 4. The maximum Gasteiger partial charge on any atom is 0.216 e. The lowest BCUT2D eigenvalue weighted by Crippen LogP contribution is -2.36. The van der Waals surface area contributed by atoms with Gasteiger partial charge in [0.05, 0.1) is 12.9 Å². The standard InChI is InChI=1S/C27H25N3O2/c1-3-7-22(8-4-1)17-27(19-30-16-15-28-21-30)20-32-26(29-27)24-11-13-25(14-12-24)31-18-23-9-5-2-6-10-23/h1-16,21H,17-20H2. The van der Waals surface area contributed by atoms with Gasteiger partial charge in [0.15, 0.2) is 0 Å². The molecule has 0 saturated carbocycles. The number of nitrogens with zero attached hydrogens (tertiary/aromatic N) is 3. The first-order valence-corrected chi connectivity index (χ1v) is 10.8. The van der Waals surface area contributed by atoms with Gasteiger partial charge in [-0.05, 0) is 35.4 Å². The van der Waals surface area contributed by atoms with E-state index in [9.17, 15) is 0 Å². The van der Waals surface area contributed by atoms with Gasteiger partial charge in [-0.3, -0.25) is 0 Å². The van der Waals surface area contributed by atoms with E-state index >= 15 is 0 Å². The molecular formula is C27H25N3O2. The average Bonchev–Trinajstić information content (AvgIpc) is 3.50. The predicted molar refractivity (Wildman–Crippen MR) is 125 cm³/mol. The Bertz CT molecular complexity index is 1160. The highest BCUT2D eigenvalue weighted by Gasteiger charge is 2.37. The zero-order valence-corrected chi connectivity index (χ0v) is 17.8. The van der Waals surface area contributed by atoms with E-state index < -0.39 is 0 Å².